The highest BCUT2D eigenvalue weighted by Gasteiger charge is 2.50. The average Bonchev–Trinajstić information content (AvgIpc) is 2.48. The van der Waals surface area contributed by atoms with Gasteiger partial charge in [0, 0.05) is 17.4 Å². The van der Waals surface area contributed by atoms with Crippen molar-refractivity contribution in [1.82, 2.24) is 5.32 Å². The lowest BCUT2D eigenvalue weighted by Crippen LogP contribution is -2.48. The van der Waals surface area contributed by atoms with Gasteiger partial charge in [-0.25, -0.2) is 0 Å². The van der Waals surface area contributed by atoms with Crippen molar-refractivity contribution in [3.05, 3.63) is 35.4 Å². The van der Waals surface area contributed by atoms with E-state index < -0.39 is 0 Å². The van der Waals surface area contributed by atoms with E-state index in [2.05, 4.69) is 64.2 Å². The van der Waals surface area contributed by atoms with E-state index in [0.717, 1.165) is 0 Å². The van der Waals surface area contributed by atoms with Crippen molar-refractivity contribution in [2.24, 2.45) is 0 Å². The summed E-state index contributed by atoms with van der Waals surface area (Å²) in [5.74, 6) is 0.693. The number of carbonyl (C=O) groups excluding carboxylic acids is 1. The van der Waals surface area contributed by atoms with Gasteiger partial charge < -0.3 is 5.32 Å². The van der Waals surface area contributed by atoms with E-state index in [4.69, 9.17) is 0 Å². The normalized spacial score (nSPS) is 26.4. The largest absolute Gasteiger partial charge is 0.350 e. The number of carbonyl (C=O) groups is 1. The molecule has 2 heteroatoms. The number of nitrogens with one attached hydrogen (secondary N) is 1. The predicted molar refractivity (Wildman–Crippen MR) is 74.7 cm³/mol. The first-order valence-corrected chi connectivity index (χ1v) is 6.68. The van der Waals surface area contributed by atoms with Crippen LogP contribution >= 0.6 is 0 Å². The number of benzene rings is 1. The molecule has 2 rings (SSSR count). The molecule has 98 valence electrons. The van der Waals surface area contributed by atoms with Gasteiger partial charge in [0.15, 0.2) is 0 Å². The molecule has 1 unspecified atom stereocenters. The van der Waals surface area contributed by atoms with Crippen LogP contribution in [0.15, 0.2) is 24.3 Å². The highest BCUT2D eigenvalue weighted by atomic mass is 16.2. The quantitative estimate of drug-likeness (QED) is 0.850. The van der Waals surface area contributed by atoms with Crippen molar-refractivity contribution < 1.29 is 4.79 Å². The molecule has 1 aliphatic rings. The van der Waals surface area contributed by atoms with Crippen LogP contribution in [0.1, 0.15) is 58.1 Å². The van der Waals surface area contributed by atoms with Gasteiger partial charge >= 0.3 is 0 Å². The second-order valence-corrected chi connectivity index (χ2v) is 6.46. The van der Waals surface area contributed by atoms with E-state index in [-0.39, 0.29) is 16.9 Å². The summed E-state index contributed by atoms with van der Waals surface area (Å²) in [5.41, 5.74) is 2.27. The molecule has 1 amide bonds. The van der Waals surface area contributed by atoms with Gasteiger partial charge in [-0.3, -0.25) is 4.79 Å². The summed E-state index contributed by atoms with van der Waals surface area (Å²) in [4.78, 5) is 11.7. The van der Waals surface area contributed by atoms with E-state index in [1.807, 2.05) is 0 Å². The van der Waals surface area contributed by atoms with Crippen LogP contribution in [0.2, 0.25) is 0 Å². The van der Waals surface area contributed by atoms with Gasteiger partial charge in [-0.15, -0.1) is 0 Å². The molecule has 0 bridgehead atoms. The van der Waals surface area contributed by atoms with Crippen molar-refractivity contribution in [3.8, 4) is 0 Å². The highest BCUT2D eigenvalue weighted by molar-refractivity contribution is 5.82. The Morgan fingerprint density at radius 2 is 1.67 bits per heavy atom. The molecule has 1 aromatic rings. The molecule has 1 aromatic carbocycles. The van der Waals surface area contributed by atoms with Gasteiger partial charge in [-0.2, -0.15) is 0 Å². The molecule has 1 aliphatic heterocycles. The maximum absolute atomic E-state index is 11.7. The molecule has 1 N–H and O–H groups in total. The molecule has 0 saturated carbocycles. The second-order valence-electron chi connectivity index (χ2n) is 6.46. The summed E-state index contributed by atoms with van der Waals surface area (Å²) in [6, 6.07) is 8.73. The molecule has 0 spiro atoms. The Morgan fingerprint density at radius 3 is 2.06 bits per heavy atom. The van der Waals surface area contributed by atoms with Gasteiger partial charge in [0.2, 0.25) is 5.91 Å². The minimum atomic E-state index is -0.191. The molecule has 1 heterocycles. The molecule has 1 saturated heterocycles. The molecule has 18 heavy (non-hydrogen) atoms. The van der Waals surface area contributed by atoms with E-state index >= 15 is 0 Å². The van der Waals surface area contributed by atoms with Crippen molar-refractivity contribution in [3.63, 3.8) is 0 Å². The third kappa shape index (κ3) is 1.94. The Labute approximate surface area is 110 Å². The van der Waals surface area contributed by atoms with E-state index in [9.17, 15) is 4.79 Å². The molecule has 1 fully saturated rings. The van der Waals surface area contributed by atoms with Crippen LogP contribution in [-0.2, 0) is 10.2 Å². The molecular weight excluding hydrogens is 222 g/mol. The first-order chi connectivity index (χ1) is 8.26. The molecule has 0 aliphatic carbocycles. The maximum Gasteiger partial charge on any atom is 0.221 e. The molecule has 0 radical (unpaired) electrons. The van der Waals surface area contributed by atoms with Crippen LogP contribution in [0.3, 0.4) is 0 Å². The monoisotopic (exact) mass is 245 g/mol. The Hall–Kier alpha value is -1.31. The molecule has 2 nitrogen and oxygen atoms in total. The fourth-order valence-electron chi connectivity index (χ4n) is 2.77. The third-order valence-electron chi connectivity index (χ3n) is 4.56. The summed E-state index contributed by atoms with van der Waals surface area (Å²) >= 11 is 0. The summed E-state index contributed by atoms with van der Waals surface area (Å²) in [6.45, 7) is 10.8. The van der Waals surface area contributed by atoms with Gasteiger partial charge in [0.1, 0.15) is 0 Å². The topological polar surface area (TPSA) is 29.1 Å². The molecular formula is C16H23NO. The van der Waals surface area contributed by atoms with E-state index in [0.29, 0.717) is 12.3 Å². The maximum atomic E-state index is 11.7. The summed E-state index contributed by atoms with van der Waals surface area (Å²) in [5, 5.41) is 3.08. The lowest BCUT2D eigenvalue weighted by Gasteiger charge is -2.37. The summed E-state index contributed by atoms with van der Waals surface area (Å²) in [7, 11) is 0. The zero-order chi connectivity index (χ0) is 13.6. The van der Waals surface area contributed by atoms with Crippen LogP contribution in [-0.4, -0.2) is 11.4 Å². The van der Waals surface area contributed by atoms with E-state index in [1.165, 1.54) is 11.1 Å². The number of amides is 1. The van der Waals surface area contributed by atoms with Crippen LogP contribution < -0.4 is 5.32 Å². The smallest absolute Gasteiger partial charge is 0.221 e. The van der Waals surface area contributed by atoms with Crippen LogP contribution in [0.25, 0.3) is 0 Å². The van der Waals surface area contributed by atoms with Crippen LogP contribution in [0.5, 0.6) is 0 Å². The lowest BCUT2D eigenvalue weighted by atomic mass is 9.69. The fraction of sp³-hybridized carbons (Fsp3) is 0.562. The van der Waals surface area contributed by atoms with Gasteiger partial charge in [-0.05, 0) is 30.9 Å². The Kier molecular flexibility index (Phi) is 3.00. The fourth-order valence-corrected chi connectivity index (χ4v) is 2.77. The van der Waals surface area contributed by atoms with Crippen molar-refractivity contribution in [2.45, 2.75) is 57.9 Å². The van der Waals surface area contributed by atoms with Crippen molar-refractivity contribution in [2.75, 3.05) is 0 Å². The minimum absolute atomic E-state index is 0.125. The number of rotatable bonds is 2. The lowest BCUT2D eigenvalue weighted by molar-refractivity contribution is -0.119. The Bertz CT molecular complexity index is 458. The van der Waals surface area contributed by atoms with Crippen molar-refractivity contribution in [1.29, 1.82) is 0 Å². The van der Waals surface area contributed by atoms with E-state index in [1.54, 1.807) is 0 Å². The first-order valence-electron chi connectivity index (χ1n) is 6.68. The minimum Gasteiger partial charge on any atom is -0.350 e. The summed E-state index contributed by atoms with van der Waals surface area (Å²) in [6.07, 6.45) is 0.570. The van der Waals surface area contributed by atoms with Gasteiger partial charge in [0.25, 0.3) is 0 Å². The number of hydrogen-bond acceptors (Lipinski definition) is 1. The first kappa shape index (κ1) is 13.1. The van der Waals surface area contributed by atoms with Crippen molar-refractivity contribution >= 4 is 5.91 Å². The SMILES string of the molecule is CC(C)c1ccc(C2(C)CC(=O)NC2(C)C)cc1. The predicted octanol–water partition coefficient (Wildman–Crippen LogP) is 3.37. The van der Waals surface area contributed by atoms with Gasteiger partial charge in [-0.1, -0.05) is 45.0 Å². The van der Waals surface area contributed by atoms with Crippen LogP contribution in [0.4, 0.5) is 0 Å². The zero-order valence-electron chi connectivity index (χ0n) is 12.0. The highest BCUT2D eigenvalue weighted by Crippen LogP contribution is 2.42. The standard InChI is InChI=1S/C16H23NO/c1-11(2)12-6-8-13(9-7-12)16(5)10-14(18)17-15(16,3)4/h6-9,11H,10H2,1-5H3,(H,17,18). The second kappa shape index (κ2) is 4.11. The van der Waals surface area contributed by atoms with Gasteiger partial charge in [0.05, 0.1) is 0 Å². The summed E-state index contributed by atoms with van der Waals surface area (Å²) < 4.78 is 0. The third-order valence-corrected chi connectivity index (χ3v) is 4.56. The Morgan fingerprint density at radius 1 is 1.11 bits per heavy atom. The average molecular weight is 245 g/mol. The van der Waals surface area contributed by atoms with Crippen LogP contribution in [0, 0.1) is 0 Å². The molecule has 0 aromatic heterocycles. The molecule has 1 atom stereocenters. The number of hydrogen-bond donors (Lipinski definition) is 1. The Balaban J connectivity index is 2.39. The zero-order valence-corrected chi connectivity index (χ0v) is 12.0.